The van der Waals surface area contributed by atoms with Crippen LogP contribution in [-0.2, 0) is 4.74 Å². The van der Waals surface area contributed by atoms with Crippen molar-refractivity contribution in [3.05, 3.63) is 29.3 Å². The highest BCUT2D eigenvalue weighted by atomic mass is 16.5. The minimum atomic E-state index is 0.203. The number of methoxy groups -OCH3 is 2. The lowest BCUT2D eigenvalue weighted by molar-refractivity contribution is 0.0751. The molecule has 4 nitrogen and oxygen atoms in total. The SMILES string of the molecule is CCN(C(C)COC)C(CN)c1ccc(OC)c(C)c1. The molecule has 0 radical (unpaired) electrons. The zero-order valence-electron chi connectivity index (χ0n) is 13.3. The standard InChI is InChI=1S/C16H28N2O2/c1-6-18(13(3)11-19-4)15(10-17)14-7-8-16(20-5)12(2)9-14/h7-9,13,15H,6,10-11,17H2,1-5H3. The van der Waals surface area contributed by atoms with Gasteiger partial charge in [0.2, 0.25) is 0 Å². The van der Waals surface area contributed by atoms with Gasteiger partial charge in [-0.15, -0.1) is 0 Å². The van der Waals surface area contributed by atoms with E-state index in [1.807, 2.05) is 6.07 Å². The highest BCUT2D eigenvalue weighted by molar-refractivity contribution is 5.37. The molecule has 4 heteroatoms. The van der Waals surface area contributed by atoms with E-state index >= 15 is 0 Å². The molecule has 0 fully saturated rings. The average molecular weight is 280 g/mol. The van der Waals surface area contributed by atoms with E-state index in [1.165, 1.54) is 5.56 Å². The smallest absolute Gasteiger partial charge is 0.121 e. The Morgan fingerprint density at radius 1 is 1.30 bits per heavy atom. The van der Waals surface area contributed by atoms with E-state index in [0.717, 1.165) is 17.9 Å². The van der Waals surface area contributed by atoms with Gasteiger partial charge in [0.25, 0.3) is 0 Å². The summed E-state index contributed by atoms with van der Waals surface area (Å²) in [5.74, 6) is 0.914. The molecule has 2 unspecified atom stereocenters. The number of aryl methyl sites for hydroxylation is 1. The van der Waals surface area contributed by atoms with Crippen LogP contribution in [0.25, 0.3) is 0 Å². The van der Waals surface area contributed by atoms with Gasteiger partial charge in [0, 0.05) is 25.7 Å². The van der Waals surface area contributed by atoms with Crippen LogP contribution in [0.2, 0.25) is 0 Å². The van der Waals surface area contributed by atoms with Gasteiger partial charge in [-0.25, -0.2) is 0 Å². The normalized spacial score (nSPS) is 14.3. The van der Waals surface area contributed by atoms with E-state index < -0.39 is 0 Å². The quantitative estimate of drug-likeness (QED) is 0.794. The van der Waals surface area contributed by atoms with Crippen LogP contribution < -0.4 is 10.5 Å². The fourth-order valence-electron chi connectivity index (χ4n) is 2.75. The number of nitrogens with two attached hydrogens (primary N) is 1. The molecule has 0 spiro atoms. The summed E-state index contributed by atoms with van der Waals surface area (Å²) in [6.07, 6.45) is 0. The Balaban J connectivity index is 3.01. The Kier molecular flexibility index (Phi) is 6.99. The molecule has 0 saturated heterocycles. The molecule has 0 amide bonds. The lowest BCUT2D eigenvalue weighted by atomic mass is 10.0. The predicted molar refractivity (Wildman–Crippen MR) is 83.2 cm³/mol. The third-order valence-corrected chi connectivity index (χ3v) is 3.77. The van der Waals surface area contributed by atoms with Crippen LogP contribution in [0.1, 0.15) is 31.0 Å². The summed E-state index contributed by atoms with van der Waals surface area (Å²) in [5, 5.41) is 0. The maximum Gasteiger partial charge on any atom is 0.121 e. The van der Waals surface area contributed by atoms with Gasteiger partial charge in [0.15, 0.2) is 0 Å². The van der Waals surface area contributed by atoms with Crippen LogP contribution in [0, 0.1) is 6.92 Å². The largest absolute Gasteiger partial charge is 0.496 e. The van der Waals surface area contributed by atoms with Gasteiger partial charge in [0.1, 0.15) is 5.75 Å². The summed E-state index contributed by atoms with van der Waals surface area (Å²) in [7, 11) is 3.43. The van der Waals surface area contributed by atoms with Crippen molar-refractivity contribution in [2.75, 3.05) is 33.9 Å². The Bertz CT molecular complexity index is 409. The van der Waals surface area contributed by atoms with Crippen LogP contribution in [0.4, 0.5) is 0 Å². The number of benzene rings is 1. The molecule has 2 atom stereocenters. The van der Waals surface area contributed by atoms with E-state index in [2.05, 4.69) is 37.8 Å². The minimum absolute atomic E-state index is 0.203. The number of nitrogens with zero attached hydrogens (tertiary/aromatic N) is 1. The molecule has 0 bridgehead atoms. The molecule has 1 aromatic carbocycles. The van der Waals surface area contributed by atoms with Crippen molar-refractivity contribution in [1.29, 1.82) is 0 Å². The van der Waals surface area contributed by atoms with Crippen molar-refractivity contribution in [3.8, 4) is 5.75 Å². The summed E-state index contributed by atoms with van der Waals surface area (Å²) in [4.78, 5) is 2.38. The van der Waals surface area contributed by atoms with Crippen LogP contribution >= 0.6 is 0 Å². The van der Waals surface area contributed by atoms with E-state index in [9.17, 15) is 0 Å². The molecule has 20 heavy (non-hydrogen) atoms. The molecule has 0 aliphatic carbocycles. The summed E-state index contributed by atoms with van der Waals surface area (Å²) in [5.41, 5.74) is 8.39. The van der Waals surface area contributed by atoms with Crippen LogP contribution in [0.5, 0.6) is 5.75 Å². The van der Waals surface area contributed by atoms with Crippen molar-refractivity contribution >= 4 is 0 Å². The van der Waals surface area contributed by atoms with Gasteiger partial charge in [-0.1, -0.05) is 19.1 Å². The van der Waals surface area contributed by atoms with E-state index in [-0.39, 0.29) is 6.04 Å². The van der Waals surface area contributed by atoms with Crippen LogP contribution in [-0.4, -0.2) is 44.9 Å². The molecule has 0 saturated carbocycles. The fourth-order valence-corrected chi connectivity index (χ4v) is 2.75. The van der Waals surface area contributed by atoms with Gasteiger partial charge in [-0.05, 0) is 37.6 Å². The van der Waals surface area contributed by atoms with Gasteiger partial charge in [-0.2, -0.15) is 0 Å². The molecule has 0 aliphatic rings. The molecule has 0 heterocycles. The predicted octanol–water partition coefficient (Wildman–Crippen LogP) is 2.36. The molecule has 0 aliphatic heterocycles. The molecular weight excluding hydrogens is 252 g/mol. The molecule has 0 aromatic heterocycles. The summed E-state index contributed by atoms with van der Waals surface area (Å²) < 4.78 is 10.6. The maximum absolute atomic E-state index is 6.02. The number of hydrogen-bond acceptors (Lipinski definition) is 4. The van der Waals surface area contributed by atoms with Gasteiger partial charge >= 0.3 is 0 Å². The van der Waals surface area contributed by atoms with E-state index in [1.54, 1.807) is 14.2 Å². The van der Waals surface area contributed by atoms with Gasteiger partial charge in [-0.3, -0.25) is 4.90 Å². The number of hydrogen-bond donors (Lipinski definition) is 1. The number of ether oxygens (including phenoxy) is 2. The van der Waals surface area contributed by atoms with Crippen molar-refractivity contribution < 1.29 is 9.47 Å². The summed E-state index contributed by atoms with van der Waals surface area (Å²) >= 11 is 0. The summed E-state index contributed by atoms with van der Waals surface area (Å²) in [6.45, 7) is 8.63. The van der Waals surface area contributed by atoms with Crippen molar-refractivity contribution in [2.24, 2.45) is 5.73 Å². The Labute approximate surface area is 122 Å². The molecule has 2 N–H and O–H groups in total. The second kappa shape index (κ2) is 8.25. The highest BCUT2D eigenvalue weighted by Crippen LogP contribution is 2.26. The highest BCUT2D eigenvalue weighted by Gasteiger charge is 2.23. The Hall–Kier alpha value is -1.10. The van der Waals surface area contributed by atoms with E-state index in [4.69, 9.17) is 15.2 Å². The van der Waals surface area contributed by atoms with Crippen molar-refractivity contribution in [3.63, 3.8) is 0 Å². The maximum atomic E-state index is 6.02. The molecule has 1 aromatic rings. The monoisotopic (exact) mass is 280 g/mol. The number of likely N-dealkylation sites (N-methyl/N-ethyl adjacent to an activating group) is 1. The molecule has 114 valence electrons. The minimum Gasteiger partial charge on any atom is -0.496 e. The average Bonchev–Trinajstić information content (AvgIpc) is 2.44. The lowest BCUT2D eigenvalue weighted by Gasteiger charge is -2.35. The molecular formula is C16H28N2O2. The lowest BCUT2D eigenvalue weighted by Crippen LogP contribution is -2.42. The zero-order valence-corrected chi connectivity index (χ0v) is 13.3. The van der Waals surface area contributed by atoms with Crippen molar-refractivity contribution in [1.82, 2.24) is 4.90 Å². The van der Waals surface area contributed by atoms with Crippen molar-refractivity contribution in [2.45, 2.75) is 32.9 Å². The Morgan fingerprint density at radius 3 is 2.45 bits per heavy atom. The third kappa shape index (κ3) is 3.95. The zero-order chi connectivity index (χ0) is 15.1. The molecule has 1 rings (SSSR count). The first-order valence-electron chi connectivity index (χ1n) is 7.18. The fraction of sp³-hybridized carbons (Fsp3) is 0.625. The van der Waals surface area contributed by atoms with Gasteiger partial charge < -0.3 is 15.2 Å². The van der Waals surface area contributed by atoms with E-state index in [0.29, 0.717) is 19.2 Å². The summed E-state index contributed by atoms with van der Waals surface area (Å²) in [6, 6.07) is 6.82. The first-order valence-corrected chi connectivity index (χ1v) is 7.18. The number of rotatable bonds is 8. The second-order valence-electron chi connectivity index (χ2n) is 5.12. The third-order valence-electron chi connectivity index (χ3n) is 3.77. The second-order valence-corrected chi connectivity index (χ2v) is 5.12. The van der Waals surface area contributed by atoms with Crippen LogP contribution in [0.15, 0.2) is 18.2 Å². The Morgan fingerprint density at radius 2 is 2.00 bits per heavy atom. The van der Waals surface area contributed by atoms with Crippen LogP contribution in [0.3, 0.4) is 0 Å². The van der Waals surface area contributed by atoms with Gasteiger partial charge in [0.05, 0.1) is 13.7 Å². The first-order chi connectivity index (χ1) is 9.58. The topological polar surface area (TPSA) is 47.7 Å². The first kappa shape index (κ1) is 17.0.